The Bertz CT molecular complexity index is 966. The Kier molecular flexibility index (Phi) is 4.81. The third kappa shape index (κ3) is 3.47. The van der Waals surface area contributed by atoms with E-state index in [-0.39, 0.29) is 17.3 Å². The van der Waals surface area contributed by atoms with Crippen LogP contribution in [-0.2, 0) is 0 Å². The second kappa shape index (κ2) is 7.04. The van der Waals surface area contributed by atoms with Crippen LogP contribution in [-0.4, -0.2) is 19.9 Å². The molecule has 2 N–H and O–H groups in total. The number of benzene rings is 1. The number of aryl methyl sites for hydroxylation is 3. The van der Waals surface area contributed by atoms with Gasteiger partial charge in [-0.25, -0.2) is 15.0 Å². The van der Waals surface area contributed by atoms with Gasteiger partial charge in [-0.15, -0.1) is 11.3 Å². The van der Waals surface area contributed by atoms with Gasteiger partial charge in [0.25, 0.3) is 0 Å². The minimum absolute atomic E-state index is 0.103. The number of aromatic nitrogens is 3. The fraction of sp³-hybridized carbons (Fsp3) is 0.235. The zero-order chi connectivity index (χ0) is 18.8. The molecule has 0 saturated heterocycles. The van der Waals surface area contributed by atoms with E-state index in [0.717, 1.165) is 27.4 Å². The van der Waals surface area contributed by atoms with E-state index in [1.807, 2.05) is 45.9 Å². The van der Waals surface area contributed by atoms with Gasteiger partial charge in [-0.2, -0.15) is 0 Å². The minimum atomic E-state index is -0.497. The first-order valence-corrected chi connectivity index (χ1v) is 8.72. The standard InChI is InChI=1S/C17H18N6O2S/c1-9-6-5-7-13(10(9)2)21-15-14(23(24)25)16(19-8-18-15)22-17-20-11(3)12(4)26-17/h5-8H,1-4H3,(H2,18,19,20,21,22). The van der Waals surface area contributed by atoms with Crippen LogP contribution in [0.25, 0.3) is 0 Å². The van der Waals surface area contributed by atoms with Crippen molar-refractivity contribution in [3.8, 4) is 0 Å². The van der Waals surface area contributed by atoms with Crippen LogP contribution < -0.4 is 10.6 Å². The number of hydrogen-bond donors (Lipinski definition) is 2. The molecule has 0 radical (unpaired) electrons. The summed E-state index contributed by atoms with van der Waals surface area (Å²) in [6.45, 7) is 7.76. The summed E-state index contributed by atoms with van der Waals surface area (Å²) in [7, 11) is 0. The molecule has 9 heteroatoms. The van der Waals surface area contributed by atoms with Crippen molar-refractivity contribution < 1.29 is 4.92 Å². The average molecular weight is 370 g/mol. The normalized spacial score (nSPS) is 10.6. The van der Waals surface area contributed by atoms with Gasteiger partial charge in [-0.05, 0) is 44.9 Å². The first kappa shape index (κ1) is 17.7. The molecule has 0 unspecified atom stereocenters. The molecule has 134 valence electrons. The molecule has 26 heavy (non-hydrogen) atoms. The summed E-state index contributed by atoms with van der Waals surface area (Å²) in [5.41, 5.74) is 3.50. The highest BCUT2D eigenvalue weighted by Crippen LogP contribution is 2.35. The molecule has 0 aliphatic rings. The van der Waals surface area contributed by atoms with Crippen molar-refractivity contribution >= 4 is 39.5 Å². The zero-order valence-electron chi connectivity index (χ0n) is 14.8. The van der Waals surface area contributed by atoms with E-state index in [1.54, 1.807) is 0 Å². The Labute approximate surface area is 154 Å². The maximum atomic E-state index is 11.7. The van der Waals surface area contributed by atoms with Crippen LogP contribution in [0.2, 0.25) is 0 Å². The van der Waals surface area contributed by atoms with E-state index in [2.05, 4.69) is 25.6 Å². The smallest absolute Gasteiger partial charge is 0.334 e. The lowest BCUT2D eigenvalue weighted by Gasteiger charge is -2.12. The van der Waals surface area contributed by atoms with Crippen molar-refractivity contribution in [3.63, 3.8) is 0 Å². The van der Waals surface area contributed by atoms with Gasteiger partial charge in [0.15, 0.2) is 5.13 Å². The molecule has 0 atom stereocenters. The van der Waals surface area contributed by atoms with Crippen LogP contribution in [0.4, 0.5) is 28.1 Å². The number of thiazole rings is 1. The Morgan fingerprint density at radius 3 is 2.38 bits per heavy atom. The lowest BCUT2D eigenvalue weighted by Crippen LogP contribution is -2.06. The molecular formula is C17H18N6O2S. The monoisotopic (exact) mass is 370 g/mol. The Morgan fingerprint density at radius 2 is 1.77 bits per heavy atom. The summed E-state index contributed by atoms with van der Waals surface area (Å²) in [6.07, 6.45) is 1.29. The van der Waals surface area contributed by atoms with Gasteiger partial charge in [0, 0.05) is 10.6 Å². The van der Waals surface area contributed by atoms with E-state index in [1.165, 1.54) is 17.7 Å². The van der Waals surface area contributed by atoms with E-state index in [0.29, 0.717) is 5.13 Å². The molecule has 1 aromatic carbocycles. The summed E-state index contributed by atoms with van der Waals surface area (Å²) in [5.74, 6) is 0.234. The van der Waals surface area contributed by atoms with Gasteiger partial charge >= 0.3 is 5.69 Å². The zero-order valence-corrected chi connectivity index (χ0v) is 15.6. The first-order valence-electron chi connectivity index (χ1n) is 7.90. The molecule has 0 fully saturated rings. The van der Waals surface area contributed by atoms with Crippen LogP contribution in [0.5, 0.6) is 0 Å². The molecule has 8 nitrogen and oxygen atoms in total. The largest absolute Gasteiger partial charge is 0.353 e. The van der Waals surface area contributed by atoms with Gasteiger partial charge in [-0.1, -0.05) is 12.1 Å². The first-order chi connectivity index (χ1) is 12.4. The quantitative estimate of drug-likeness (QED) is 0.501. The van der Waals surface area contributed by atoms with Crippen LogP contribution in [0, 0.1) is 37.8 Å². The minimum Gasteiger partial charge on any atom is -0.334 e. The fourth-order valence-corrected chi connectivity index (χ4v) is 3.19. The number of rotatable bonds is 5. The van der Waals surface area contributed by atoms with Crippen LogP contribution in [0.3, 0.4) is 0 Å². The van der Waals surface area contributed by atoms with Crippen LogP contribution in [0.1, 0.15) is 21.7 Å². The summed E-state index contributed by atoms with van der Waals surface area (Å²) in [5, 5.41) is 18.2. The lowest BCUT2D eigenvalue weighted by molar-refractivity contribution is -0.383. The van der Waals surface area contributed by atoms with Gasteiger partial charge in [0.1, 0.15) is 6.33 Å². The molecule has 3 rings (SSSR count). The molecule has 0 saturated carbocycles. The summed E-state index contributed by atoms with van der Waals surface area (Å²) in [6, 6.07) is 5.72. The number of nitrogens with one attached hydrogen (secondary N) is 2. The average Bonchev–Trinajstić information content (AvgIpc) is 2.89. The molecular weight excluding hydrogens is 352 g/mol. The molecule has 0 aliphatic heterocycles. The third-order valence-electron chi connectivity index (χ3n) is 4.12. The lowest BCUT2D eigenvalue weighted by atomic mass is 10.1. The maximum absolute atomic E-state index is 11.7. The van der Waals surface area contributed by atoms with Crippen molar-refractivity contribution in [2.75, 3.05) is 10.6 Å². The summed E-state index contributed by atoms with van der Waals surface area (Å²) < 4.78 is 0. The SMILES string of the molecule is Cc1cccc(Nc2ncnc(Nc3nc(C)c(C)s3)c2[N+](=O)[O-])c1C. The van der Waals surface area contributed by atoms with Crippen LogP contribution >= 0.6 is 11.3 Å². The van der Waals surface area contributed by atoms with Crippen LogP contribution in [0.15, 0.2) is 24.5 Å². The van der Waals surface area contributed by atoms with Gasteiger partial charge in [0.05, 0.1) is 10.6 Å². The number of nitrogens with zero attached hydrogens (tertiary/aromatic N) is 4. The van der Waals surface area contributed by atoms with E-state index >= 15 is 0 Å². The number of nitro groups is 1. The number of hydrogen-bond acceptors (Lipinski definition) is 8. The fourth-order valence-electron chi connectivity index (χ4n) is 2.38. The second-order valence-electron chi connectivity index (χ2n) is 5.83. The highest BCUT2D eigenvalue weighted by atomic mass is 32.1. The van der Waals surface area contributed by atoms with Gasteiger partial charge < -0.3 is 10.6 Å². The Hall–Kier alpha value is -3.07. The van der Waals surface area contributed by atoms with Crippen molar-refractivity contribution in [1.82, 2.24) is 15.0 Å². The molecule has 0 amide bonds. The van der Waals surface area contributed by atoms with Crippen molar-refractivity contribution in [2.45, 2.75) is 27.7 Å². The van der Waals surface area contributed by atoms with E-state index in [9.17, 15) is 10.1 Å². The van der Waals surface area contributed by atoms with Gasteiger partial charge in [0.2, 0.25) is 11.6 Å². The molecule has 3 aromatic rings. The summed E-state index contributed by atoms with van der Waals surface area (Å²) >= 11 is 1.42. The van der Waals surface area contributed by atoms with E-state index < -0.39 is 4.92 Å². The van der Waals surface area contributed by atoms with Crippen molar-refractivity contribution in [1.29, 1.82) is 0 Å². The van der Waals surface area contributed by atoms with Gasteiger partial charge in [-0.3, -0.25) is 10.1 Å². The third-order valence-corrected chi connectivity index (χ3v) is 5.10. The molecule has 0 spiro atoms. The molecule has 2 heterocycles. The van der Waals surface area contributed by atoms with Crippen molar-refractivity contribution in [2.24, 2.45) is 0 Å². The molecule has 0 aliphatic carbocycles. The predicted octanol–water partition coefficient (Wildman–Crippen LogP) is 4.56. The highest BCUT2D eigenvalue weighted by Gasteiger charge is 2.24. The Balaban J connectivity index is 2.01. The molecule has 2 aromatic heterocycles. The second-order valence-corrected chi connectivity index (χ2v) is 7.04. The van der Waals surface area contributed by atoms with E-state index in [4.69, 9.17) is 0 Å². The Morgan fingerprint density at radius 1 is 1.08 bits per heavy atom. The topological polar surface area (TPSA) is 106 Å². The maximum Gasteiger partial charge on any atom is 0.353 e. The predicted molar refractivity (Wildman–Crippen MR) is 103 cm³/mol. The van der Waals surface area contributed by atoms with Crippen molar-refractivity contribution in [3.05, 3.63) is 56.3 Å². The summed E-state index contributed by atoms with van der Waals surface area (Å²) in [4.78, 5) is 24.7. The molecule has 0 bridgehead atoms. The highest BCUT2D eigenvalue weighted by molar-refractivity contribution is 7.15. The number of anilines is 4.